The second-order valence-electron chi connectivity index (χ2n) is 23.0. The molecule has 0 aliphatic heterocycles. The van der Waals surface area contributed by atoms with Crippen molar-refractivity contribution in [2.45, 2.75) is 74.6 Å². The van der Waals surface area contributed by atoms with Gasteiger partial charge in [0.2, 0.25) is 16.8 Å². The summed E-state index contributed by atoms with van der Waals surface area (Å²) in [6.45, 7) is 3.23. The lowest BCUT2D eigenvalue weighted by Gasteiger charge is -2.28. The third kappa shape index (κ3) is 16.3. The van der Waals surface area contributed by atoms with E-state index in [0.717, 1.165) is 89.8 Å². The van der Waals surface area contributed by atoms with Crippen LogP contribution in [0.1, 0.15) is 70.8 Å². The number of hydrogen-bond donors (Lipinski definition) is 3. The molecule has 9 aromatic carbocycles. The van der Waals surface area contributed by atoms with Crippen LogP contribution in [0.25, 0.3) is 50.2 Å². The Labute approximate surface area is 576 Å². The number of fused-ring (bicyclic) bond motifs is 3. The van der Waals surface area contributed by atoms with Gasteiger partial charge in [0.1, 0.15) is 67.4 Å². The van der Waals surface area contributed by atoms with Crippen LogP contribution in [-0.2, 0) is 68.2 Å². The second kappa shape index (κ2) is 27.8. The Hall–Kier alpha value is -12.3. The van der Waals surface area contributed by atoms with Gasteiger partial charge in [0, 0.05) is 16.7 Å². The number of rotatable bonds is 15. The zero-order valence-corrected chi connectivity index (χ0v) is 53.2. The molecule has 3 N–H and O–H groups in total. The summed E-state index contributed by atoms with van der Waals surface area (Å²) in [6, 6.07) is 36.0. The molecule has 3 atom stereocenters. The summed E-state index contributed by atoms with van der Waals surface area (Å²) in [5, 5.41) is 54.4. The number of aliphatic carboxylic acids is 3. The number of nitrogens with zero attached hydrogens (tertiary/aromatic N) is 9. The summed E-state index contributed by atoms with van der Waals surface area (Å²) >= 11 is 0. The minimum absolute atomic E-state index is 0.164. The highest BCUT2D eigenvalue weighted by molar-refractivity contribution is 5.82. The normalized spacial score (nSPS) is 14.0. The third-order valence-corrected chi connectivity index (χ3v) is 15.8. The van der Waals surface area contributed by atoms with E-state index in [9.17, 15) is 109 Å². The van der Waals surface area contributed by atoms with Gasteiger partial charge in [-0.05, 0) is 148 Å². The maximum absolute atomic E-state index is 13.4. The molecule has 0 saturated heterocycles. The minimum Gasteiger partial charge on any atom is -0.478 e. The maximum Gasteiger partial charge on any atom is 0.416 e. The largest absolute Gasteiger partial charge is 0.478 e. The molecule has 546 valence electrons. The minimum atomic E-state index is -4.73. The molecule has 12 aromatic rings. The van der Waals surface area contributed by atoms with Crippen LogP contribution in [0.3, 0.4) is 0 Å². The number of carboxylic acids is 3. The van der Waals surface area contributed by atoms with Crippen LogP contribution in [0.15, 0.2) is 200 Å². The third-order valence-electron chi connectivity index (χ3n) is 15.8. The zero-order valence-electron chi connectivity index (χ0n) is 53.2. The fourth-order valence-corrected chi connectivity index (χ4v) is 9.98. The zero-order chi connectivity index (χ0) is 76.8. The van der Waals surface area contributed by atoms with Gasteiger partial charge < -0.3 is 29.5 Å². The molecule has 0 fully saturated rings. The van der Waals surface area contributed by atoms with Crippen LogP contribution >= 0.6 is 0 Å². The number of halogens is 18. The van der Waals surface area contributed by atoms with Crippen LogP contribution in [0.5, 0.6) is 17.2 Å². The van der Waals surface area contributed by atoms with E-state index in [1.807, 2.05) is 0 Å². The molecule has 0 spiro atoms. The van der Waals surface area contributed by atoms with E-state index in [1.54, 1.807) is 72.8 Å². The fourth-order valence-electron chi connectivity index (χ4n) is 9.98. The molecule has 105 heavy (non-hydrogen) atoms. The first kappa shape index (κ1) is 75.4. The first-order valence-electron chi connectivity index (χ1n) is 29.8. The topological polar surface area (TPSA) is 232 Å². The van der Waals surface area contributed by atoms with E-state index >= 15 is 0 Å². The van der Waals surface area contributed by atoms with Gasteiger partial charge in [-0.15, -0.1) is 45.0 Å². The van der Waals surface area contributed by atoms with Gasteiger partial charge in [-0.2, -0.15) is 79.0 Å². The molecule has 12 rings (SSSR count). The summed E-state index contributed by atoms with van der Waals surface area (Å²) < 4.78 is 254. The number of carboxylic acid groups (broad SMARTS) is 3. The monoisotopic (exact) mass is 1490 g/mol. The highest BCUT2D eigenvalue weighted by Crippen LogP contribution is 2.43. The van der Waals surface area contributed by atoms with Crippen LogP contribution in [-0.4, -0.2) is 78.2 Å². The molecule has 36 heteroatoms. The van der Waals surface area contributed by atoms with Crippen molar-refractivity contribution in [1.29, 1.82) is 0 Å². The molecular formula is C69H45F18N9O9. The van der Waals surface area contributed by atoms with Gasteiger partial charge in [-0.1, -0.05) is 72.8 Å². The average molecular weight is 1490 g/mol. The predicted octanol–water partition coefficient (Wildman–Crippen LogP) is 17.5. The summed E-state index contributed by atoms with van der Waals surface area (Å²) in [6.07, 6.45) is -28.1. The molecule has 3 aromatic heterocycles. The second-order valence-corrected chi connectivity index (χ2v) is 23.0. The van der Waals surface area contributed by atoms with Crippen molar-refractivity contribution in [3.63, 3.8) is 0 Å². The Kier molecular flexibility index (Phi) is 20.0. The first-order chi connectivity index (χ1) is 48.9. The lowest BCUT2D eigenvalue weighted by atomic mass is 9.94. The number of ether oxygens (including phenoxy) is 3. The standard InChI is InChI=1S/3C23H15F6N3O3/c3*1-21(20(33)34,13-6-8-14(9-7-13)22(24,25)26)35-19-11-10-15(23(27,28)29)12-18(19)32-30-16-4-2-3-5-17(16)31-32/h3*2-12H,1H3,(H,33,34). The predicted molar refractivity (Wildman–Crippen MR) is 333 cm³/mol. The molecule has 0 aliphatic rings. The average Bonchev–Trinajstić information content (AvgIpc) is 1.43. The summed E-state index contributed by atoms with van der Waals surface area (Å²) in [7, 11) is 0. The summed E-state index contributed by atoms with van der Waals surface area (Å²) in [5.41, 5.74) is -12.2. The molecule has 0 bridgehead atoms. The molecule has 0 saturated carbocycles. The lowest BCUT2D eigenvalue weighted by Crippen LogP contribution is -2.39. The van der Waals surface area contributed by atoms with Gasteiger partial charge in [0.15, 0.2) is 0 Å². The van der Waals surface area contributed by atoms with Crippen molar-refractivity contribution < 1.29 is 123 Å². The SMILES string of the molecule is CC(Oc1ccc(C(F)(F)F)cc1-n1nc2ccccc2n1)(C(=O)O)c1ccc(C(F)(F)F)cc1.CC(Oc1ccc(C(F)(F)F)cc1-n1nc2ccccc2n1)(C(=O)O)c1ccc(C(F)(F)F)cc1.CC(Oc1ccc(C(F)(F)F)cc1-n1nc2ccccc2n1)(C(=O)O)c1ccc(C(F)(F)F)cc1. The van der Waals surface area contributed by atoms with E-state index in [1.165, 1.54) is 0 Å². The molecule has 0 radical (unpaired) electrons. The van der Waals surface area contributed by atoms with Crippen LogP contribution < -0.4 is 14.2 Å². The number of aromatic nitrogens is 9. The first-order valence-corrected chi connectivity index (χ1v) is 29.8. The molecule has 0 amide bonds. The lowest BCUT2D eigenvalue weighted by molar-refractivity contribution is -0.155. The number of hydrogen-bond acceptors (Lipinski definition) is 12. The Morgan fingerprint density at radius 2 is 0.429 bits per heavy atom. The molecular weight excluding hydrogens is 1440 g/mol. The van der Waals surface area contributed by atoms with E-state index < -0.39 is 105 Å². The van der Waals surface area contributed by atoms with E-state index in [0.29, 0.717) is 106 Å². The number of benzene rings is 9. The summed E-state index contributed by atoms with van der Waals surface area (Å²) in [4.78, 5) is 39.1. The van der Waals surface area contributed by atoms with Crippen LogP contribution in [0.4, 0.5) is 79.0 Å². The van der Waals surface area contributed by atoms with Gasteiger partial charge in [0.05, 0.1) is 33.4 Å². The Balaban J connectivity index is 0.000000169. The van der Waals surface area contributed by atoms with E-state index in [-0.39, 0.29) is 51.0 Å². The molecule has 3 heterocycles. The van der Waals surface area contributed by atoms with Gasteiger partial charge in [0.25, 0.3) is 0 Å². The van der Waals surface area contributed by atoms with Gasteiger partial charge in [-0.25, -0.2) is 14.4 Å². The Bertz CT molecular complexity index is 4600. The molecule has 3 unspecified atom stereocenters. The van der Waals surface area contributed by atoms with E-state index in [4.69, 9.17) is 14.2 Å². The highest BCUT2D eigenvalue weighted by atomic mass is 19.4. The summed E-state index contributed by atoms with van der Waals surface area (Å²) in [5.74, 6) is -5.74. The van der Waals surface area contributed by atoms with Crippen molar-refractivity contribution >= 4 is 51.0 Å². The molecule has 0 aliphatic carbocycles. The fraction of sp³-hybridized carbons (Fsp3) is 0.174. The van der Waals surface area contributed by atoms with Crippen molar-refractivity contribution in [3.05, 3.63) is 250 Å². The van der Waals surface area contributed by atoms with Crippen LogP contribution in [0, 0.1) is 0 Å². The van der Waals surface area contributed by atoms with E-state index in [2.05, 4.69) is 30.6 Å². The van der Waals surface area contributed by atoms with Crippen molar-refractivity contribution in [2.24, 2.45) is 0 Å². The molecule has 18 nitrogen and oxygen atoms in total. The maximum atomic E-state index is 13.4. The van der Waals surface area contributed by atoms with Crippen LogP contribution in [0.2, 0.25) is 0 Å². The number of carbonyl (C=O) groups is 3. The Morgan fingerprint density at radius 3 is 0.590 bits per heavy atom. The van der Waals surface area contributed by atoms with Crippen molar-refractivity contribution in [1.82, 2.24) is 45.0 Å². The number of alkyl halides is 18. The van der Waals surface area contributed by atoms with Crippen molar-refractivity contribution in [2.75, 3.05) is 0 Å². The van der Waals surface area contributed by atoms with Gasteiger partial charge >= 0.3 is 55.0 Å². The highest BCUT2D eigenvalue weighted by Gasteiger charge is 2.45. The smallest absolute Gasteiger partial charge is 0.416 e. The van der Waals surface area contributed by atoms with Gasteiger partial charge in [-0.3, -0.25) is 0 Å². The Morgan fingerprint density at radius 1 is 0.267 bits per heavy atom. The van der Waals surface area contributed by atoms with Crippen molar-refractivity contribution in [3.8, 4) is 34.3 Å². The quantitative estimate of drug-likeness (QED) is 0.0810.